The number of hydrogen-bond acceptors (Lipinski definition) is 3. The van der Waals surface area contributed by atoms with Crippen molar-refractivity contribution in [3.63, 3.8) is 0 Å². The smallest absolute Gasteiger partial charge is 0.356 e. The van der Waals surface area contributed by atoms with E-state index in [9.17, 15) is 4.79 Å². The van der Waals surface area contributed by atoms with Crippen molar-refractivity contribution in [2.45, 2.75) is 0 Å². The highest BCUT2D eigenvalue weighted by molar-refractivity contribution is 9.10. The Morgan fingerprint density at radius 1 is 1.64 bits per heavy atom. The number of carboxylic acids is 1. The third-order valence-electron chi connectivity index (χ3n) is 1.84. The molecular formula is C8H6BrN3O2. The van der Waals surface area contributed by atoms with Crippen molar-refractivity contribution in [3.8, 4) is 0 Å². The molecule has 0 aromatic carbocycles. The summed E-state index contributed by atoms with van der Waals surface area (Å²) in [6, 6.07) is 0. The molecule has 0 saturated heterocycles. The average Bonchev–Trinajstić information content (AvgIpc) is 2.42. The van der Waals surface area contributed by atoms with Gasteiger partial charge < -0.3 is 9.67 Å². The second-order valence-corrected chi connectivity index (χ2v) is 3.67. The van der Waals surface area contributed by atoms with Gasteiger partial charge in [0.1, 0.15) is 5.52 Å². The molecule has 0 spiro atoms. The average molecular weight is 256 g/mol. The summed E-state index contributed by atoms with van der Waals surface area (Å²) in [4.78, 5) is 18.6. The number of nitrogens with zero attached hydrogens (tertiary/aromatic N) is 3. The van der Waals surface area contributed by atoms with E-state index in [-0.39, 0.29) is 5.69 Å². The molecule has 0 fully saturated rings. The zero-order chi connectivity index (χ0) is 10.3. The van der Waals surface area contributed by atoms with Gasteiger partial charge in [0.2, 0.25) is 0 Å². The van der Waals surface area contributed by atoms with Crippen LogP contribution in [0, 0.1) is 0 Å². The van der Waals surface area contributed by atoms with Crippen LogP contribution >= 0.6 is 15.9 Å². The molecule has 0 aliphatic rings. The monoisotopic (exact) mass is 255 g/mol. The first-order valence-corrected chi connectivity index (χ1v) is 4.60. The molecule has 0 unspecified atom stereocenters. The zero-order valence-corrected chi connectivity index (χ0v) is 8.82. The summed E-state index contributed by atoms with van der Waals surface area (Å²) in [5, 5.41) is 8.72. The van der Waals surface area contributed by atoms with Gasteiger partial charge in [-0.2, -0.15) is 0 Å². The lowest BCUT2D eigenvalue weighted by Gasteiger charge is -1.95. The standard InChI is InChI=1S/C8H6BrN3O2/c1-12-3-4(9)6-7(12)10-2-5(11-6)8(13)14/h2-3H,1H3,(H,13,14). The van der Waals surface area contributed by atoms with Crippen molar-refractivity contribution in [1.82, 2.24) is 14.5 Å². The Bertz CT molecular complexity index is 521. The maximum Gasteiger partial charge on any atom is 0.356 e. The lowest BCUT2D eigenvalue weighted by atomic mass is 10.4. The van der Waals surface area contributed by atoms with Crippen LogP contribution in [0.5, 0.6) is 0 Å². The number of fused-ring (bicyclic) bond motifs is 1. The molecule has 0 radical (unpaired) electrons. The Kier molecular flexibility index (Phi) is 1.99. The van der Waals surface area contributed by atoms with Gasteiger partial charge in [-0.3, -0.25) is 0 Å². The van der Waals surface area contributed by atoms with Crippen molar-refractivity contribution < 1.29 is 9.90 Å². The summed E-state index contributed by atoms with van der Waals surface area (Å²) in [5.74, 6) is -1.07. The second-order valence-electron chi connectivity index (χ2n) is 2.82. The normalized spacial score (nSPS) is 10.7. The minimum absolute atomic E-state index is 0.0515. The SMILES string of the molecule is Cn1cc(Br)c2nc(C(=O)O)cnc21. The molecule has 5 nitrogen and oxygen atoms in total. The van der Waals surface area contributed by atoms with Crippen LogP contribution in [-0.4, -0.2) is 25.6 Å². The van der Waals surface area contributed by atoms with E-state index >= 15 is 0 Å². The Morgan fingerprint density at radius 3 is 3.00 bits per heavy atom. The fraction of sp³-hybridized carbons (Fsp3) is 0.125. The molecule has 0 bridgehead atoms. The maximum atomic E-state index is 10.6. The third kappa shape index (κ3) is 1.27. The fourth-order valence-corrected chi connectivity index (χ4v) is 1.77. The predicted octanol–water partition coefficient (Wildman–Crippen LogP) is 1.43. The molecule has 1 N–H and O–H groups in total. The van der Waals surface area contributed by atoms with Crippen LogP contribution in [0.2, 0.25) is 0 Å². The molecule has 6 heteroatoms. The van der Waals surface area contributed by atoms with Crippen LogP contribution in [0.15, 0.2) is 16.9 Å². The van der Waals surface area contributed by atoms with Gasteiger partial charge in [0.15, 0.2) is 11.3 Å². The molecule has 72 valence electrons. The summed E-state index contributed by atoms with van der Waals surface area (Å²) in [7, 11) is 1.82. The summed E-state index contributed by atoms with van der Waals surface area (Å²) in [5.41, 5.74) is 1.17. The van der Waals surface area contributed by atoms with E-state index in [1.54, 1.807) is 10.8 Å². The topological polar surface area (TPSA) is 68.0 Å². The molecule has 2 aromatic rings. The number of aryl methyl sites for hydroxylation is 1. The van der Waals surface area contributed by atoms with Crippen LogP contribution in [0.1, 0.15) is 10.5 Å². The van der Waals surface area contributed by atoms with E-state index < -0.39 is 5.97 Å². The number of halogens is 1. The van der Waals surface area contributed by atoms with E-state index in [1.165, 1.54) is 6.20 Å². The highest BCUT2D eigenvalue weighted by Gasteiger charge is 2.11. The fourth-order valence-electron chi connectivity index (χ4n) is 1.20. The van der Waals surface area contributed by atoms with Crippen molar-refractivity contribution >= 4 is 33.1 Å². The summed E-state index contributed by atoms with van der Waals surface area (Å²) in [6.45, 7) is 0. The number of carbonyl (C=O) groups is 1. The molecule has 2 aromatic heterocycles. The Morgan fingerprint density at radius 2 is 2.36 bits per heavy atom. The van der Waals surface area contributed by atoms with E-state index in [0.717, 1.165) is 4.47 Å². The third-order valence-corrected chi connectivity index (χ3v) is 2.42. The summed E-state index contributed by atoms with van der Waals surface area (Å²) in [6.07, 6.45) is 3.04. The number of hydrogen-bond donors (Lipinski definition) is 1. The quantitative estimate of drug-likeness (QED) is 0.837. The minimum atomic E-state index is -1.07. The molecular weight excluding hydrogens is 250 g/mol. The van der Waals surface area contributed by atoms with Gasteiger partial charge in [-0.1, -0.05) is 0 Å². The predicted molar refractivity (Wildman–Crippen MR) is 53.2 cm³/mol. The van der Waals surface area contributed by atoms with Gasteiger partial charge in [-0.05, 0) is 15.9 Å². The van der Waals surface area contributed by atoms with Gasteiger partial charge in [-0.25, -0.2) is 14.8 Å². The second kappa shape index (κ2) is 3.06. The molecule has 0 aliphatic carbocycles. The van der Waals surface area contributed by atoms with Crippen LogP contribution in [-0.2, 0) is 7.05 Å². The number of aromatic nitrogens is 3. The van der Waals surface area contributed by atoms with Crippen molar-refractivity contribution in [2.75, 3.05) is 0 Å². The van der Waals surface area contributed by atoms with Crippen LogP contribution in [0.4, 0.5) is 0 Å². The van der Waals surface area contributed by atoms with Crippen LogP contribution in [0.3, 0.4) is 0 Å². The maximum absolute atomic E-state index is 10.6. The van der Waals surface area contributed by atoms with Crippen molar-refractivity contribution in [1.29, 1.82) is 0 Å². The number of rotatable bonds is 1. The molecule has 0 amide bonds. The van der Waals surface area contributed by atoms with E-state index in [0.29, 0.717) is 11.2 Å². The first kappa shape index (κ1) is 9.14. The van der Waals surface area contributed by atoms with Gasteiger partial charge in [0, 0.05) is 13.2 Å². The van der Waals surface area contributed by atoms with Crippen molar-refractivity contribution in [2.24, 2.45) is 7.05 Å². The minimum Gasteiger partial charge on any atom is -0.476 e. The molecule has 0 aliphatic heterocycles. The lowest BCUT2D eigenvalue weighted by Crippen LogP contribution is -2.01. The van der Waals surface area contributed by atoms with Crippen LogP contribution in [0.25, 0.3) is 11.2 Å². The summed E-state index contributed by atoms with van der Waals surface area (Å²) >= 11 is 3.28. The molecule has 0 saturated carbocycles. The van der Waals surface area contributed by atoms with Crippen LogP contribution < -0.4 is 0 Å². The summed E-state index contributed by atoms with van der Waals surface area (Å²) < 4.78 is 2.52. The molecule has 2 heterocycles. The Labute approximate surface area is 87.5 Å². The largest absolute Gasteiger partial charge is 0.476 e. The van der Waals surface area contributed by atoms with Gasteiger partial charge in [-0.15, -0.1) is 0 Å². The first-order valence-electron chi connectivity index (χ1n) is 3.80. The molecule has 14 heavy (non-hydrogen) atoms. The van der Waals surface area contributed by atoms with E-state index in [4.69, 9.17) is 5.11 Å². The van der Waals surface area contributed by atoms with E-state index in [1.807, 2.05) is 7.05 Å². The Balaban J connectivity index is 2.77. The first-order chi connectivity index (χ1) is 6.59. The van der Waals surface area contributed by atoms with E-state index in [2.05, 4.69) is 25.9 Å². The van der Waals surface area contributed by atoms with Crippen molar-refractivity contribution in [3.05, 3.63) is 22.6 Å². The highest BCUT2D eigenvalue weighted by atomic mass is 79.9. The van der Waals surface area contributed by atoms with Gasteiger partial charge >= 0.3 is 5.97 Å². The van der Waals surface area contributed by atoms with Gasteiger partial charge in [0.25, 0.3) is 0 Å². The Hall–Kier alpha value is -1.43. The zero-order valence-electron chi connectivity index (χ0n) is 7.23. The molecule has 2 rings (SSSR count). The number of carboxylic acid groups (broad SMARTS) is 1. The lowest BCUT2D eigenvalue weighted by molar-refractivity contribution is 0.0690. The highest BCUT2D eigenvalue weighted by Crippen LogP contribution is 2.21. The van der Waals surface area contributed by atoms with Gasteiger partial charge in [0.05, 0.1) is 10.7 Å². The number of aromatic carboxylic acids is 1. The molecule has 0 atom stereocenters.